The standard InChI is InChI=1S/C63H60N4O3/c1-64(2)55-25-7-43(8-26-55)37-49-19-22-52(61(49)68)40-46-13-31-58(32-14-46)67(59-33-15-47(16-34-59)41-53-23-20-50(62(53)69)38-44-9-27-56(28-10-44)65(3)4)60-35-17-48(18-36-60)42-54-24-21-51(63(54)70)39-45-11-29-57(30-12-45)66(5)6/h7-18,25-42H,19-24H2,1-6H3/b49-37-,50-38+,51-39+,52-40+,53-41-,54-42-. The second-order valence-corrected chi connectivity index (χ2v) is 19.1. The first-order chi connectivity index (χ1) is 33.8. The van der Waals surface area contributed by atoms with Crippen molar-refractivity contribution in [3.8, 4) is 0 Å². The van der Waals surface area contributed by atoms with Crippen molar-refractivity contribution in [2.24, 2.45) is 0 Å². The molecule has 9 rings (SSSR count). The summed E-state index contributed by atoms with van der Waals surface area (Å²) >= 11 is 0. The molecule has 3 fully saturated rings. The maximum absolute atomic E-state index is 13.6. The van der Waals surface area contributed by atoms with Gasteiger partial charge in [0.1, 0.15) is 0 Å². The van der Waals surface area contributed by atoms with Gasteiger partial charge >= 0.3 is 0 Å². The number of ketones is 3. The van der Waals surface area contributed by atoms with Gasteiger partial charge in [0.15, 0.2) is 17.3 Å². The maximum Gasteiger partial charge on any atom is 0.185 e. The molecule has 7 nitrogen and oxygen atoms in total. The van der Waals surface area contributed by atoms with E-state index in [0.29, 0.717) is 19.3 Å². The maximum atomic E-state index is 13.6. The first-order valence-corrected chi connectivity index (χ1v) is 24.2. The van der Waals surface area contributed by atoms with Crippen molar-refractivity contribution in [1.29, 1.82) is 0 Å². The molecular formula is C63H60N4O3. The van der Waals surface area contributed by atoms with E-state index in [9.17, 15) is 14.4 Å². The van der Waals surface area contributed by atoms with Gasteiger partial charge < -0.3 is 19.6 Å². The van der Waals surface area contributed by atoms with Gasteiger partial charge in [-0.3, -0.25) is 14.4 Å². The Hall–Kier alpha value is -8.03. The summed E-state index contributed by atoms with van der Waals surface area (Å²) in [6.07, 6.45) is 16.4. The minimum absolute atomic E-state index is 0.107. The van der Waals surface area contributed by atoms with Crippen LogP contribution in [0.5, 0.6) is 0 Å². The molecule has 0 heterocycles. The summed E-state index contributed by atoms with van der Waals surface area (Å²) in [6, 6.07) is 49.8. The number of rotatable bonds is 12. The summed E-state index contributed by atoms with van der Waals surface area (Å²) in [4.78, 5) is 49.1. The van der Waals surface area contributed by atoms with Crippen LogP contribution in [-0.2, 0) is 14.4 Å². The molecule has 0 saturated heterocycles. The average molecular weight is 921 g/mol. The van der Waals surface area contributed by atoms with Gasteiger partial charge in [0.05, 0.1) is 0 Å². The first kappa shape index (κ1) is 47.1. The highest BCUT2D eigenvalue weighted by atomic mass is 16.1. The first-order valence-electron chi connectivity index (χ1n) is 24.2. The zero-order chi connectivity index (χ0) is 48.9. The van der Waals surface area contributed by atoms with E-state index in [1.807, 2.05) is 78.7 Å². The zero-order valence-corrected chi connectivity index (χ0v) is 41.1. The summed E-state index contributed by atoms with van der Waals surface area (Å²) in [7, 11) is 12.1. The van der Waals surface area contributed by atoms with Gasteiger partial charge in [0.2, 0.25) is 0 Å². The van der Waals surface area contributed by atoms with E-state index in [0.717, 1.165) is 120 Å². The minimum Gasteiger partial charge on any atom is -0.378 e. The molecule has 0 amide bonds. The van der Waals surface area contributed by atoms with Gasteiger partial charge in [-0.05, 0) is 181 Å². The molecule has 6 aromatic rings. The Morgan fingerprint density at radius 2 is 0.414 bits per heavy atom. The molecule has 350 valence electrons. The Kier molecular flexibility index (Phi) is 13.9. The molecule has 3 aliphatic rings. The quantitative estimate of drug-likeness (QED) is 0.113. The normalized spacial score (nSPS) is 18.3. The fourth-order valence-corrected chi connectivity index (χ4v) is 9.35. The van der Waals surface area contributed by atoms with Crippen LogP contribution in [0.1, 0.15) is 71.9 Å². The van der Waals surface area contributed by atoms with Gasteiger partial charge in [0, 0.05) is 110 Å². The molecule has 0 aliphatic heterocycles. The van der Waals surface area contributed by atoms with Crippen molar-refractivity contribution in [3.63, 3.8) is 0 Å². The Bertz CT molecular complexity index is 2770. The van der Waals surface area contributed by atoms with Crippen LogP contribution in [0.4, 0.5) is 34.1 Å². The largest absolute Gasteiger partial charge is 0.378 e. The van der Waals surface area contributed by atoms with Crippen molar-refractivity contribution in [2.45, 2.75) is 38.5 Å². The molecule has 7 heteroatoms. The van der Waals surface area contributed by atoms with Crippen molar-refractivity contribution in [2.75, 3.05) is 61.9 Å². The van der Waals surface area contributed by atoms with E-state index < -0.39 is 0 Å². The van der Waals surface area contributed by atoms with Crippen LogP contribution >= 0.6 is 0 Å². The number of hydrogen-bond acceptors (Lipinski definition) is 7. The highest BCUT2D eigenvalue weighted by Gasteiger charge is 2.26. The molecule has 6 aromatic carbocycles. The number of hydrogen-bond donors (Lipinski definition) is 0. The zero-order valence-electron chi connectivity index (χ0n) is 41.1. The van der Waals surface area contributed by atoms with Crippen molar-refractivity contribution in [1.82, 2.24) is 0 Å². The topological polar surface area (TPSA) is 64.2 Å². The fraction of sp³-hybridized carbons (Fsp3) is 0.190. The third-order valence-electron chi connectivity index (χ3n) is 13.5. The molecule has 0 radical (unpaired) electrons. The average Bonchev–Trinajstić information content (AvgIpc) is 4.01. The van der Waals surface area contributed by atoms with Gasteiger partial charge in [0.25, 0.3) is 0 Å². The fourth-order valence-electron chi connectivity index (χ4n) is 9.35. The molecule has 0 unspecified atom stereocenters. The highest BCUT2D eigenvalue weighted by Crippen LogP contribution is 2.38. The van der Waals surface area contributed by atoms with Crippen LogP contribution < -0.4 is 19.6 Å². The van der Waals surface area contributed by atoms with Crippen molar-refractivity contribution < 1.29 is 14.4 Å². The summed E-state index contributed by atoms with van der Waals surface area (Å²) < 4.78 is 0. The van der Waals surface area contributed by atoms with Crippen molar-refractivity contribution >= 4 is 87.9 Å². The molecule has 0 spiro atoms. The number of Topliss-reactive ketones (excluding diaryl/α,β-unsaturated/α-hetero) is 3. The Labute approximate surface area is 413 Å². The van der Waals surface area contributed by atoms with Gasteiger partial charge in [-0.1, -0.05) is 72.8 Å². The summed E-state index contributed by atoms with van der Waals surface area (Å²) in [5.74, 6) is 0.321. The third-order valence-corrected chi connectivity index (χ3v) is 13.5. The van der Waals surface area contributed by atoms with E-state index in [4.69, 9.17) is 0 Å². The highest BCUT2D eigenvalue weighted by molar-refractivity contribution is 6.17. The summed E-state index contributed by atoms with van der Waals surface area (Å²) in [6.45, 7) is 0. The van der Waals surface area contributed by atoms with E-state index in [2.05, 4.69) is 165 Å². The van der Waals surface area contributed by atoms with Crippen LogP contribution in [0.3, 0.4) is 0 Å². The van der Waals surface area contributed by atoms with Gasteiger partial charge in [-0.15, -0.1) is 0 Å². The number of nitrogens with zero attached hydrogens (tertiary/aromatic N) is 4. The molecule has 3 aliphatic carbocycles. The summed E-state index contributed by atoms with van der Waals surface area (Å²) in [5.41, 5.74) is 17.2. The van der Waals surface area contributed by atoms with Gasteiger partial charge in [-0.25, -0.2) is 0 Å². The van der Waals surface area contributed by atoms with Crippen LogP contribution in [-0.4, -0.2) is 59.6 Å². The van der Waals surface area contributed by atoms with Crippen LogP contribution in [0.25, 0.3) is 36.5 Å². The molecule has 70 heavy (non-hydrogen) atoms. The SMILES string of the molecule is CN(C)c1ccc(/C=C2/CC/C(=C\c3ccc(N(c4ccc(/C=C5/CC/C(=C\c6ccc(N(C)C)cc6)C5=O)cc4)c4ccc(/C=C5/CC/C(=C\c6ccc(N(C)C)cc6)C5=O)cc4)cc3)C2=O)cc1. The van der Waals surface area contributed by atoms with E-state index in [1.54, 1.807) is 0 Å². The van der Waals surface area contributed by atoms with Crippen LogP contribution in [0, 0.1) is 0 Å². The predicted octanol–water partition coefficient (Wildman–Crippen LogP) is 13.8. The monoisotopic (exact) mass is 920 g/mol. The Morgan fingerprint density at radius 1 is 0.257 bits per heavy atom. The minimum atomic E-state index is 0.107. The number of anilines is 6. The molecule has 0 atom stereocenters. The third kappa shape index (κ3) is 10.8. The van der Waals surface area contributed by atoms with Gasteiger partial charge in [-0.2, -0.15) is 0 Å². The van der Waals surface area contributed by atoms with Crippen LogP contribution in [0.15, 0.2) is 179 Å². The van der Waals surface area contributed by atoms with Crippen molar-refractivity contribution in [3.05, 3.63) is 212 Å². The Balaban J connectivity index is 0.960. The number of allylic oxidation sites excluding steroid dienone is 6. The molecular weight excluding hydrogens is 861 g/mol. The van der Waals surface area contributed by atoms with Crippen LogP contribution in [0.2, 0.25) is 0 Å². The lowest BCUT2D eigenvalue weighted by Gasteiger charge is -2.26. The lowest BCUT2D eigenvalue weighted by atomic mass is 10.0. The Morgan fingerprint density at radius 3 is 0.571 bits per heavy atom. The molecule has 0 aromatic heterocycles. The molecule has 0 bridgehead atoms. The number of carbonyl (C=O) groups excluding carboxylic acids is 3. The lowest BCUT2D eigenvalue weighted by Crippen LogP contribution is -2.10. The van der Waals surface area contributed by atoms with E-state index in [1.165, 1.54) is 0 Å². The second-order valence-electron chi connectivity index (χ2n) is 19.1. The van der Waals surface area contributed by atoms with E-state index >= 15 is 0 Å². The summed E-state index contributed by atoms with van der Waals surface area (Å²) in [5, 5.41) is 0. The predicted molar refractivity (Wildman–Crippen MR) is 294 cm³/mol. The second kappa shape index (κ2) is 20.7. The number of carbonyl (C=O) groups is 3. The molecule has 0 N–H and O–H groups in total. The smallest absolute Gasteiger partial charge is 0.185 e. The van der Waals surface area contributed by atoms with E-state index in [-0.39, 0.29) is 17.3 Å². The lowest BCUT2D eigenvalue weighted by molar-refractivity contribution is -0.112. The number of benzene rings is 6. The molecule has 3 saturated carbocycles.